The monoisotopic (exact) mass is 328 g/mol. The molecule has 0 spiro atoms. The fourth-order valence-electron chi connectivity index (χ4n) is 1.69. The lowest BCUT2D eigenvalue weighted by Gasteiger charge is -2.14. The third-order valence-corrected chi connectivity index (χ3v) is 3.04. The molecule has 2 aromatic rings. The van der Waals surface area contributed by atoms with Crippen molar-refractivity contribution >= 4 is 15.9 Å². The smallest absolute Gasteiger partial charge is 0.166 e. The topological polar surface area (TPSA) is 29.5 Å². The summed E-state index contributed by atoms with van der Waals surface area (Å²) in [6, 6.07) is 8.42. The van der Waals surface area contributed by atoms with Crippen LogP contribution < -0.4 is 4.74 Å². The first kappa shape index (κ1) is 14.0. The number of ether oxygens (including phenoxy) is 1. The predicted octanol–water partition coefficient (Wildman–Crippen LogP) is 4.57. The number of hydrogen-bond acceptors (Lipinski definition) is 2. The van der Waals surface area contributed by atoms with Crippen molar-refractivity contribution in [2.75, 3.05) is 0 Å². The van der Waals surface area contributed by atoms with E-state index in [1.54, 1.807) is 6.07 Å². The summed E-state index contributed by atoms with van der Waals surface area (Å²) in [4.78, 5) is 0. The molecule has 0 saturated heterocycles. The van der Waals surface area contributed by atoms with E-state index in [1.165, 1.54) is 37.3 Å². The van der Waals surface area contributed by atoms with Gasteiger partial charge in [-0.15, -0.1) is 0 Å². The molecule has 1 N–H and O–H groups in total. The first-order chi connectivity index (χ1) is 8.99. The van der Waals surface area contributed by atoms with Gasteiger partial charge in [0.1, 0.15) is 11.6 Å². The molecule has 19 heavy (non-hydrogen) atoms. The molecule has 0 heterocycles. The molecule has 0 aliphatic carbocycles. The van der Waals surface area contributed by atoms with Crippen molar-refractivity contribution in [3.05, 3.63) is 58.1 Å². The molecule has 1 unspecified atom stereocenters. The minimum absolute atomic E-state index is 0.00446. The zero-order chi connectivity index (χ0) is 14.0. The Morgan fingerprint density at radius 1 is 1.11 bits per heavy atom. The second kappa shape index (κ2) is 5.67. The van der Waals surface area contributed by atoms with E-state index in [0.717, 1.165) is 0 Å². The summed E-state index contributed by atoms with van der Waals surface area (Å²) >= 11 is 3.14. The zero-order valence-electron chi connectivity index (χ0n) is 10.0. The van der Waals surface area contributed by atoms with Crippen molar-refractivity contribution < 1.29 is 18.6 Å². The highest BCUT2D eigenvalue weighted by Gasteiger charge is 2.16. The van der Waals surface area contributed by atoms with Crippen molar-refractivity contribution in [2.24, 2.45) is 0 Å². The van der Waals surface area contributed by atoms with Crippen molar-refractivity contribution in [3.8, 4) is 11.5 Å². The molecule has 0 saturated carbocycles. The average molecular weight is 329 g/mol. The van der Waals surface area contributed by atoms with Crippen LogP contribution in [0.5, 0.6) is 11.5 Å². The summed E-state index contributed by atoms with van der Waals surface area (Å²) in [6.07, 6.45) is -1.05. The SMILES string of the molecule is CC(O)c1c(F)cccc1Oc1ccc(Br)cc1F. The fourth-order valence-corrected chi connectivity index (χ4v) is 2.02. The maximum Gasteiger partial charge on any atom is 0.166 e. The highest BCUT2D eigenvalue weighted by atomic mass is 79.9. The van der Waals surface area contributed by atoms with Gasteiger partial charge in [0.05, 0.1) is 11.7 Å². The van der Waals surface area contributed by atoms with Gasteiger partial charge >= 0.3 is 0 Å². The molecular weight excluding hydrogens is 318 g/mol. The Labute approximate surface area is 117 Å². The highest BCUT2D eigenvalue weighted by molar-refractivity contribution is 9.10. The van der Waals surface area contributed by atoms with E-state index >= 15 is 0 Å². The van der Waals surface area contributed by atoms with E-state index in [1.807, 2.05) is 0 Å². The van der Waals surface area contributed by atoms with E-state index in [0.29, 0.717) is 4.47 Å². The summed E-state index contributed by atoms with van der Waals surface area (Å²) in [5.74, 6) is -1.10. The molecule has 100 valence electrons. The van der Waals surface area contributed by atoms with Crippen LogP contribution in [0, 0.1) is 11.6 Å². The van der Waals surface area contributed by atoms with Gasteiger partial charge in [0.2, 0.25) is 0 Å². The first-order valence-corrected chi connectivity index (χ1v) is 6.37. The molecule has 0 amide bonds. The Morgan fingerprint density at radius 2 is 1.84 bits per heavy atom. The molecule has 0 fully saturated rings. The van der Waals surface area contributed by atoms with Crippen LogP contribution >= 0.6 is 15.9 Å². The highest BCUT2D eigenvalue weighted by Crippen LogP contribution is 2.33. The van der Waals surface area contributed by atoms with Crippen LogP contribution in [0.4, 0.5) is 8.78 Å². The lowest BCUT2D eigenvalue weighted by atomic mass is 10.1. The van der Waals surface area contributed by atoms with Crippen LogP contribution in [-0.2, 0) is 0 Å². The predicted molar refractivity (Wildman–Crippen MR) is 71.2 cm³/mol. The van der Waals surface area contributed by atoms with Crippen LogP contribution in [0.2, 0.25) is 0 Å². The van der Waals surface area contributed by atoms with Crippen molar-refractivity contribution in [3.63, 3.8) is 0 Å². The van der Waals surface area contributed by atoms with Crippen molar-refractivity contribution in [1.82, 2.24) is 0 Å². The van der Waals surface area contributed by atoms with Gasteiger partial charge in [-0.3, -0.25) is 0 Å². The van der Waals surface area contributed by atoms with Gasteiger partial charge in [-0.05, 0) is 37.3 Å². The van der Waals surface area contributed by atoms with E-state index in [9.17, 15) is 13.9 Å². The number of hydrogen-bond donors (Lipinski definition) is 1. The van der Waals surface area contributed by atoms with Gasteiger partial charge < -0.3 is 9.84 Å². The standard InChI is InChI=1S/C14H11BrF2O2/c1-8(18)14-10(16)3-2-4-13(14)19-12-6-5-9(15)7-11(12)17/h2-8,18H,1H3. The summed E-state index contributed by atoms with van der Waals surface area (Å²) in [5, 5.41) is 9.56. The summed E-state index contributed by atoms with van der Waals surface area (Å²) in [5.41, 5.74) is 0.00446. The molecule has 1 atom stereocenters. The Morgan fingerprint density at radius 3 is 2.47 bits per heavy atom. The lowest BCUT2D eigenvalue weighted by Crippen LogP contribution is -2.00. The molecule has 5 heteroatoms. The Kier molecular flexibility index (Phi) is 4.17. The van der Waals surface area contributed by atoms with Crippen molar-refractivity contribution in [1.29, 1.82) is 0 Å². The van der Waals surface area contributed by atoms with E-state index in [4.69, 9.17) is 4.74 Å². The number of benzene rings is 2. The second-order valence-electron chi connectivity index (χ2n) is 4.00. The van der Waals surface area contributed by atoms with Gasteiger partial charge in [-0.25, -0.2) is 8.78 Å². The average Bonchev–Trinajstić information content (AvgIpc) is 2.32. The quantitative estimate of drug-likeness (QED) is 0.894. The van der Waals surface area contributed by atoms with Crippen molar-refractivity contribution in [2.45, 2.75) is 13.0 Å². The Hall–Kier alpha value is -1.46. The van der Waals surface area contributed by atoms with Crippen LogP contribution in [0.1, 0.15) is 18.6 Å². The van der Waals surface area contributed by atoms with E-state index < -0.39 is 17.7 Å². The van der Waals surface area contributed by atoms with Gasteiger partial charge in [-0.2, -0.15) is 0 Å². The summed E-state index contributed by atoms with van der Waals surface area (Å²) in [7, 11) is 0. The fraction of sp³-hybridized carbons (Fsp3) is 0.143. The molecule has 0 aliphatic heterocycles. The van der Waals surface area contributed by atoms with Gasteiger partial charge in [0, 0.05) is 4.47 Å². The van der Waals surface area contributed by atoms with Crippen LogP contribution in [0.25, 0.3) is 0 Å². The number of aliphatic hydroxyl groups is 1. The maximum atomic E-state index is 13.7. The van der Waals surface area contributed by atoms with Gasteiger partial charge in [-0.1, -0.05) is 22.0 Å². The molecule has 2 rings (SSSR count). The van der Waals surface area contributed by atoms with Gasteiger partial charge in [0.25, 0.3) is 0 Å². The zero-order valence-corrected chi connectivity index (χ0v) is 11.6. The molecule has 2 aromatic carbocycles. The Balaban J connectivity index is 2.41. The Bertz CT molecular complexity index is 600. The number of aliphatic hydroxyl groups excluding tert-OH is 1. The largest absolute Gasteiger partial charge is 0.454 e. The summed E-state index contributed by atoms with van der Waals surface area (Å²) in [6.45, 7) is 1.42. The van der Waals surface area contributed by atoms with Crippen LogP contribution in [0.3, 0.4) is 0 Å². The number of halogens is 3. The second-order valence-corrected chi connectivity index (χ2v) is 4.92. The lowest BCUT2D eigenvalue weighted by molar-refractivity contribution is 0.190. The summed E-state index contributed by atoms with van der Waals surface area (Å²) < 4.78 is 33.2. The molecule has 0 aliphatic rings. The number of rotatable bonds is 3. The molecular formula is C14H11BrF2O2. The molecule has 0 aromatic heterocycles. The third kappa shape index (κ3) is 3.11. The molecule has 2 nitrogen and oxygen atoms in total. The third-order valence-electron chi connectivity index (χ3n) is 2.54. The minimum atomic E-state index is -1.05. The van der Waals surface area contributed by atoms with Crippen LogP contribution in [-0.4, -0.2) is 5.11 Å². The van der Waals surface area contributed by atoms with Gasteiger partial charge in [0.15, 0.2) is 11.6 Å². The van der Waals surface area contributed by atoms with Crippen LogP contribution in [0.15, 0.2) is 40.9 Å². The molecule has 0 bridgehead atoms. The van der Waals surface area contributed by atoms with E-state index in [2.05, 4.69) is 15.9 Å². The van der Waals surface area contributed by atoms with E-state index in [-0.39, 0.29) is 17.1 Å². The molecule has 0 radical (unpaired) electrons. The minimum Gasteiger partial charge on any atom is -0.454 e. The maximum absolute atomic E-state index is 13.7. The first-order valence-electron chi connectivity index (χ1n) is 5.58. The normalized spacial score (nSPS) is 12.3.